The Morgan fingerprint density at radius 1 is 1.19 bits per heavy atom. The summed E-state index contributed by atoms with van der Waals surface area (Å²) in [5.74, 6) is 0.699. The third kappa shape index (κ3) is 4.35. The van der Waals surface area contributed by atoms with Crippen LogP contribution in [0.1, 0.15) is 27.2 Å². The maximum Gasteiger partial charge on any atom is 0.0498 e. The molecule has 0 amide bonds. The standard InChI is InChI=1S/C13H21NOS/c1-10(2)9-11(3)14-12-5-7-13(8-6-12)16(4)15/h5-8,10-11,14H,9H2,1-4H3. The van der Waals surface area contributed by atoms with Gasteiger partial charge in [0.2, 0.25) is 0 Å². The zero-order chi connectivity index (χ0) is 12.1. The highest BCUT2D eigenvalue weighted by atomic mass is 32.2. The van der Waals surface area contributed by atoms with Crippen molar-refractivity contribution in [1.29, 1.82) is 0 Å². The molecule has 3 heteroatoms. The van der Waals surface area contributed by atoms with E-state index < -0.39 is 10.8 Å². The van der Waals surface area contributed by atoms with E-state index in [0.717, 1.165) is 17.0 Å². The van der Waals surface area contributed by atoms with Crippen LogP contribution in [0.4, 0.5) is 5.69 Å². The number of benzene rings is 1. The van der Waals surface area contributed by atoms with Gasteiger partial charge in [-0.2, -0.15) is 0 Å². The second kappa shape index (κ2) is 6.04. The van der Waals surface area contributed by atoms with Gasteiger partial charge in [-0.1, -0.05) is 13.8 Å². The number of hydrogen-bond donors (Lipinski definition) is 1. The molecule has 2 atom stereocenters. The molecule has 90 valence electrons. The smallest absolute Gasteiger partial charge is 0.0498 e. The molecular formula is C13H21NOS. The summed E-state index contributed by atoms with van der Waals surface area (Å²) in [4.78, 5) is 0.877. The summed E-state index contributed by atoms with van der Waals surface area (Å²) in [6.07, 6.45) is 2.85. The van der Waals surface area contributed by atoms with Gasteiger partial charge < -0.3 is 5.32 Å². The third-order valence-electron chi connectivity index (χ3n) is 2.42. The average molecular weight is 239 g/mol. The van der Waals surface area contributed by atoms with Crippen molar-refractivity contribution in [3.05, 3.63) is 24.3 Å². The van der Waals surface area contributed by atoms with E-state index in [-0.39, 0.29) is 0 Å². The molecule has 0 aliphatic rings. The van der Waals surface area contributed by atoms with Crippen LogP contribution in [0.5, 0.6) is 0 Å². The van der Waals surface area contributed by atoms with Crippen molar-refractivity contribution in [2.24, 2.45) is 5.92 Å². The van der Waals surface area contributed by atoms with Gasteiger partial charge in [-0.3, -0.25) is 4.21 Å². The minimum atomic E-state index is -0.887. The monoisotopic (exact) mass is 239 g/mol. The summed E-state index contributed by atoms with van der Waals surface area (Å²) in [6.45, 7) is 6.63. The normalized spacial score (nSPS) is 14.8. The molecule has 0 fully saturated rings. The van der Waals surface area contributed by atoms with E-state index in [1.807, 2.05) is 24.3 Å². The lowest BCUT2D eigenvalue weighted by atomic mass is 10.1. The Balaban J connectivity index is 2.58. The molecule has 16 heavy (non-hydrogen) atoms. The van der Waals surface area contributed by atoms with Crippen LogP contribution in [0.3, 0.4) is 0 Å². The lowest BCUT2D eigenvalue weighted by molar-refractivity contribution is 0.540. The van der Waals surface area contributed by atoms with Gasteiger partial charge in [0.1, 0.15) is 0 Å². The van der Waals surface area contributed by atoms with Gasteiger partial charge in [-0.15, -0.1) is 0 Å². The minimum Gasteiger partial charge on any atom is -0.383 e. The molecule has 0 heterocycles. The van der Waals surface area contributed by atoms with E-state index in [0.29, 0.717) is 12.0 Å². The zero-order valence-corrected chi connectivity index (χ0v) is 11.3. The molecule has 1 rings (SSSR count). The summed E-state index contributed by atoms with van der Waals surface area (Å²) in [6, 6.07) is 8.29. The Bertz CT molecular complexity index is 345. The van der Waals surface area contributed by atoms with Crippen molar-refractivity contribution in [1.82, 2.24) is 0 Å². The van der Waals surface area contributed by atoms with Crippen LogP contribution in [-0.4, -0.2) is 16.5 Å². The zero-order valence-electron chi connectivity index (χ0n) is 10.5. The largest absolute Gasteiger partial charge is 0.383 e. The quantitative estimate of drug-likeness (QED) is 0.854. The number of nitrogens with one attached hydrogen (secondary N) is 1. The Morgan fingerprint density at radius 3 is 2.19 bits per heavy atom. The molecule has 0 saturated heterocycles. The van der Waals surface area contributed by atoms with Crippen LogP contribution in [0.25, 0.3) is 0 Å². The maximum atomic E-state index is 11.2. The highest BCUT2D eigenvalue weighted by Crippen LogP contribution is 2.15. The van der Waals surface area contributed by atoms with E-state index in [2.05, 4.69) is 26.1 Å². The summed E-state index contributed by atoms with van der Waals surface area (Å²) >= 11 is 0. The molecule has 0 aromatic heterocycles. The number of hydrogen-bond acceptors (Lipinski definition) is 2. The number of rotatable bonds is 5. The topological polar surface area (TPSA) is 29.1 Å². The van der Waals surface area contributed by atoms with Crippen molar-refractivity contribution in [3.8, 4) is 0 Å². The lowest BCUT2D eigenvalue weighted by Crippen LogP contribution is -2.17. The van der Waals surface area contributed by atoms with Gasteiger partial charge >= 0.3 is 0 Å². The first-order chi connectivity index (χ1) is 7.49. The SMILES string of the molecule is CC(C)CC(C)Nc1ccc(S(C)=O)cc1. The third-order valence-corrected chi connectivity index (χ3v) is 3.36. The van der Waals surface area contributed by atoms with Crippen molar-refractivity contribution in [3.63, 3.8) is 0 Å². The van der Waals surface area contributed by atoms with Gasteiger partial charge in [-0.25, -0.2) is 0 Å². The minimum absolute atomic E-state index is 0.470. The molecule has 0 aliphatic carbocycles. The van der Waals surface area contributed by atoms with Gasteiger partial charge in [0.05, 0.1) is 0 Å². The van der Waals surface area contributed by atoms with Crippen LogP contribution in [0, 0.1) is 5.92 Å². The Labute approximate surface area is 101 Å². The van der Waals surface area contributed by atoms with E-state index in [9.17, 15) is 4.21 Å². The van der Waals surface area contributed by atoms with Crippen LogP contribution < -0.4 is 5.32 Å². The van der Waals surface area contributed by atoms with Gasteiger partial charge in [-0.05, 0) is 43.5 Å². The first kappa shape index (κ1) is 13.2. The van der Waals surface area contributed by atoms with Crippen molar-refractivity contribution in [2.75, 3.05) is 11.6 Å². The molecular weight excluding hydrogens is 218 g/mol. The summed E-state index contributed by atoms with van der Waals surface area (Å²) < 4.78 is 11.2. The molecule has 0 aliphatic heterocycles. The van der Waals surface area contributed by atoms with Crippen molar-refractivity contribution < 1.29 is 4.21 Å². The lowest BCUT2D eigenvalue weighted by Gasteiger charge is -2.17. The van der Waals surface area contributed by atoms with Crippen LogP contribution in [0.15, 0.2) is 29.2 Å². The van der Waals surface area contributed by atoms with Crippen molar-refractivity contribution >= 4 is 16.5 Å². The van der Waals surface area contributed by atoms with Gasteiger partial charge in [0.25, 0.3) is 0 Å². The molecule has 2 nitrogen and oxygen atoms in total. The fraction of sp³-hybridized carbons (Fsp3) is 0.538. The van der Waals surface area contributed by atoms with E-state index in [1.165, 1.54) is 0 Å². The van der Waals surface area contributed by atoms with E-state index in [1.54, 1.807) is 6.26 Å². The summed E-state index contributed by atoms with van der Waals surface area (Å²) in [5, 5.41) is 3.44. The summed E-state index contributed by atoms with van der Waals surface area (Å²) in [5.41, 5.74) is 1.10. The molecule has 0 saturated carbocycles. The summed E-state index contributed by atoms with van der Waals surface area (Å²) in [7, 11) is -0.887. The van der Waals surface area contributed by atoms with Gasteiger partial charge in [0, 0.05) is 33.7 Å². The van der Waals surface area contributed by atoms with Crippen LogP contribution >= 0.6 is 0 Å². The molecule has 1 N–H and O–H groups in total. The predicted octanol–water partition coefficient (Wildman–Crippen LogP) is 3.27. The average Bonchev–Trinajstić information content (AvgIpc) is 2.16. The van der Waals surface area contributed by atoms with Crippen molar-refractivity contribution in [2.45, 2.75) is 38.1 Å². The second-order valence-electron chi connectivity index (χ2n) is 4.65. The van der Waals surface area contributed by atoms with Crippen LogP contribution in [0.2, 0.25) is 0 Å². The fourth-order valence-corrected chi connectivity index (χ4v) is 2.31. The maximum absolute atomic E-state index is 11.2. The molecule has 0 radical (unpaired) electrons. The Kier molecular flexibility index (Phi) is 5.00. The second-order valence-corrected chi connectivity index (χ2v) is 6.03. The molecule has 0 spiro atoms. The molecule has 1 aromatic rings. The Morgan fingerprint density at radius 2 is 1.75 bits per heavy atom. The predicted molar refractivity (Wildman–Crippen MR) is 71.3 cm³/mol. The van der Waals surface area contributed by atoms with Crippen LogP contribution in [-0.2, 0) is 10.8 Å². The Hall–Kier alpha value is -0.830. The van der Waals surface area contributed by atoms with Gasteiger partial charge in [0.15, 0.2) is 0 Å². The molecule has 0 bridgehead atoms. The first-order valence-electron chi connectivity index (χ1n) is 5.69. The molecule has 1 aromatic carbocycles. The van der Waals surface area contributed by atoms with E-state index in [4.69, 9.17) is 0 Å². The highest BCUT2D eigenvalue weighted by Gasteiger charge is 2.05. The number of anilines is 1. The van der Waals surface area contributed by atoms with E-state index >= 15 is 0 Å². The fourth-order valence-electron chi connectivity index (χ4n) is 1.79. The highest BCUT2D eigenvalue weighted by molar-refractivity contribution is 7.84. The first-order valence-corrected chi connectivity index (χ1v) is 7.25. The molecule has 2 unspecified atom stereocenters.